The zero-order valence-corrected chi connectivity index (χ0v) is 65.4. The number of pyridine rings is 5. The second-order valence-electron chi connectivity index (χ2n) is 31.5. The molecule has 0 spiro atoms. The van der Waals surface area contributed by atoms with E-state index in [-0.39, 0.29) is 39.4 Å². The van der Waals surface area contributed by atoms with Gasteiger partial charge in [0.2, 0.25) is 0 Å². The molecule has 0 radical (unpaired) electrons. The fourth-order valence-corrected chi connectivity index (χ4v) is 17.9. The van der Waals surface area contributed by atoms with Gasteiger partial charge in [-0.2, -0.15) is 15.3 Å². The van der Waals surface area contributed by atoms with Crippen LogP contribution in [-0.2, 0) is 21.1 Å². The highest BCUT2D eigenvalue weighted by atomic mass is 19.1. The molecule has 5 saturated heterocycles. The standard InChI is InChI=1S/C19H24N4O.C18H22N4O.C17H21FN2O.C17H20N4O.C16H19FN2O/c1-12(2)23-10-8-13(9-11-23)17-16-14-6-4-5-7-15(14)19(24)20-18(16)22(3)21-17;1-3-22-10-8-12(9-11-22)16-15-13-6-4-5-7-14(13)18(23)19-17(15)21(2)20-16;1-11(2)20-7-5-12(6-8-20)16-10-19-17(21)15-9-13(18)3-4-14(15)16;1-20-9-7-11(8-10-20)15-14-12-5-3-4-6-13(12)17(22)18-16(14)21(2)19-15;1-2-19-7-5-11(6-8-19)15-10-18-16(20)14-9-12(17)3-4-13(14)15/h4-7,12-13H,8-11H2,1-3H3,(H,20,24);4-7,12H,3,8-11H2,1-2H3,(H,19,23);3-4,9-12H,5-8H2,1-2H3,(H,19,21);3-6,11H,7-10H2,1-2H3,(H,18,22);3-4,9-11H,2,5-8H2,1H3,(H,18,20). The smallest absolute Gasteiger partial charge is 0.257 e. The van der Waals surface area contributed by atoms with Gasteiger partial charge in [0.15, 0.2) is 0 Å². The Bertz CT molecular complexity index is 5770. The third kappa shape index (κ3) is 16.0. The van der Waals surface area contributed by atoms with Gasteiger partial charge in [-0.05, 0) is 254 Å². The van der Waals surface area contributed by atoms with Gasteiger partial charge in [-0.15, -0.1) is 0 Å². The maximum absolute atomic E-state index is 13.4. The van der Waals surface area contributed by atoms with Gasteiger partial charge in [0.1, 0.15) is 28.6 Å². The zero-order valence-electron chi connectivity index (χ0n) is 65.4. The lowest BCUT2D eigenvalue weighted by atomic mass is 9.87. The Morgan fingerprint density at radius 3 is 0.973 bits per heavy atom. The molecule has 0 atom stereocenters. The number of nitrogens with zero attached hydrogens (tertiary/aromatic N) is 11. The SMILES string of the molecule is CC(C)N1CCC(c2c[nH]c(=O)c3cc(F)ccc23)CC1.CC(C)N1CCC(c2nn(C)c3[nH]c(=O)c4ccccc4c23)CC1.CCN1CCC(c2c[nH]c(=O)c3cc(F)ccc23)CC1.CCN1CCC(c2nn(C)c3[nH]c(=O)c4ccccc4c23)CC1.CN1CCC(c2nn(C)c3[nH]c(=O)c4ccccc4c23)CC1. The Hall–Kier alpha value is -9.78. The first kappa shape index (κ1) is 77.0. The van der Waals surface area contributed by atoms with E-state index in [1.54, 1.807) is 12.1 Å². The summed E-state index contributed by atoms with van der Waals surface area (Å²) in [5.74, 6) is 1.55. The van der Waals surface area contributed by atoms with Crippen LogP contribution < -0.4 is 27.8 Å². The summed E-state index contributed by atoms with van der Waals surface area (Å²) in [6.45, 7) is 26.6. The first-order chi connectivity index (χ1) is 53.1. The van der Waals surface area contributed by atoms with Crippen molar-refractivity contribution in [3.8, 4) is 0 Å². The summed E-state index contributed by atoms with van der Waals surface area (Å²) in [4.78, 5) is 87.5. The van der Waals surface area contributed by atoms with Crippen LogP contribution in [0.5, 0.6) is 0 Å². The summed E-state index contributed by atoms with van der Waals surface area (Å²) in [6, 6.07) is 33.7. The molecule has 5 aliphatic rings. The molecule has 0 aliphatic carbocycles. The summed E-state index contributed by atoms with van der Waals surface area (Å²) in [5, 5.41) is 25.7. The molecule has 578 valence electrons. The average Bonchev–Trinajstić information content (AvgIpc) is 1.60. The number of halogens is 2. The van der Waals surface area contributed by atoms with Gasteiger partial charge in [-0.3, -0.25) is 38.0 Å². The molecular weight excluding hydrogens is 1390 g/mol. The van der Waals surface area contributed by atoms with Gasteiger partial charge in [0.05, 0.1) is 27.9 Å². The second-order valence-corrected chi connectivity index (χ2v) is 31.5. The van der Waals surface area contributed by atoms with Crippen LogP contribution in [0.1, 0.15) is 164 Å². The molecule has 0 saturated carbocycles. The maximum atomic E-state index is 13.4. The van der Waals surface area contributed by atoms with Crippen molar-refractivity contribution in [2.45, 2.75) is 147 Å². The fourth-order valence-electron chi connectivity index (χ4n) is 17.9. The highest BCUT2D eigenvalue weighted by molar-refractivity contribution is 6.08. The number of rotatable bonds is 9. The number of nitrogens with one attached hydrogen (secondary N) is 5. The first-order valence-corrected chi connectivity index (χ1v) is 39.8. The molecule has 23 heteroatoms. The van der Waals surface area contributed by atoms with Crippen molar-refractivity contribution in [1.29, 1.82) is 0 Å². The Morgan fingerprint density at radius 2 is 0.655 bits per heavy atom. The summed E-state index contributed by atoms with van der Waals surface area (Å²) in [5.41, 5.74) is 7.67. The van der Waals surface area contributed by atoms with Crippen molar-refractivity contribution in [1.82, 2.24) is 78.8 Å². The summed E-state index contributed by atoms with van der Waals surface area (Å²) >= 11 is 0. The number of aromatic nitrogens is 11. The Kier molecular flexibility index (Phi) is 23.4. The lowest BCUT2D eigenvalue weighted by Crippen LogP contribution is -2.37. The lowest BCUT2D eigenvalue weighted by Gasteiger charge is -2.35. The highest BCUT2D eigenvalue weighted by Gasteiger charge is 2.31. The third-order valence-electron chi connectivity index (χ3n) is 24.4. The number of aromatic amines is 5. The van der Waals surface area contributed by atoms with Gasteiger partial charge in [0.25, 0.3) is 27.8 Å². The molecular formula is C87H106F2N16O5. The Morgan fingerprint density at radius 1 is 0.364 bits per heavy atom. The largest absolute Gasteiger partial charge is 0.328 e. The molecule has 110 heavy (non-hydrogen) atoms. The average molecular weight is 1490 g/mol. The van der Waals surface area contributed by atoms with Crippen molar-refractivity contribution in [2.24, 2.45) is 21.1 Å². The van der Waals surface area contributed by atoms with Crippen LogP contribution in [0.3, 0.4) is 0 Å². The van der Waals surface area contributed by atoms with Gasteiger partial charge in [-0.25, -0.2) is 8.78 Å². The van der Waals surface area contributed by atoms with E-state index in [1.165, 1.54) is 24.3 Å². The molecule has 8 aromatic heterocycles. The fraction of sp³-hybridized carbons (Fsp3) is 0.448. The number of hydrogen-bond donors (Lipinski definition) is 5. The minimum atomic E-state index is -0.361. The maximum Gasteiger partial charge on any atom is 0.257 e. The monoisotopic (exact) mass is 1490 g/mol. The van der Waals surface area contributed by atoms with Crippen LogP contribution in [0, 0.1) is 11.6 Å². The number of hydrogen-bond acceptors (Lipinski definition) is 13. The molecule has 18 rings (SSSR count). The van der Waals surface area contributed by atoms with Crippen LogP contribution in [-0.4, -0.2) is 176 Å². The van der Waals surface area contributed by atoms with E-state index < -0.39 is 0 Å². The topological polar surface area (TPSA) is 234 Å². The van der Waals surface area contributed by atoms with Crippen molar-refractivity contribution < 1.29 is 8.78 Å². The minimum absolute atomic E-state index is 0.0385. The van der Waals surface area contributed by atoms with Gasteiger partial charge < -0.3 is 49.4 Å². The first-order valence-electron chi connectivity index (χ1n) is 39.8. The molecule has 5 aliphatic heterocycles. The van der Waals surface area contributed by atoms with E-state index in [2.05, 4.69) is 98.0 Å². The van der Waals surface area contributed by atoms with Crippen molar-refractivity contribution >= 4 is 87.0 Å². The van der Waals surface area contributed by atoms with Crippen molar-refractivity contribution in [3.05, 3.63) is 213 Å². The summed E-state index contributed by atoms with van der Waals surface area (Å²) < 4.78 is 32.2. The lowest BCUT2D eigenvalue weighted by molar-refractivity contribution is 0.171. The zero-order chi connectivity index (χ0) is 77.2. The summed E-state index contributed by atoms with van der Waals surface area (Å²) in [7, 11) is 7.91. The van der Waals surface area contributed by atoms with E-state index in [9.17, 15) is 32.8 Å². The summed E-state index contributed by atoms with van der Waals surface area (Å²) in [6.07, 6.45) is 14.7. The van der Waals surface area contributed by atoms with Crippen LogP contribution >= 0.6 is 0 Å². The van der Waals surface area contributed by atoms with Gasteiger partial charge in [-0.1, -0.05) is 80.6 Å². The van der Waals surface area contributed by atoms with Crippen molar-refractivity contribution in [3.63, 3.8) is 0 Å². The molecule has 21 nitrogen and oxygen atoms in total. The predicted octanol–water partition coefficient (Wildman–Crippen LogP) is 14.0. The number of aryl methyl sites for hydroxylation is 3. The van der Waals surface area contributed by atoms with Gasteiger partial charge >= 0.3 is 0 Å². The molecule has 5 fully saturated rings. The molecule has 13 heterocycles. The van der Waals surface area contributed by atoms with E-state index >= 15 is 0 Å². The van der Waals surface area contributed by atoms with E-state index in [0.29, 0.717) is 52.4 Å². The number of H-pyrrole nitrogens is 5. The second kappa shape index (κ2) is 33.4. The van der Waals surface area contributed by atoms with Gasteiger partial charge in [0, 0.05) is 112 Å². The molecule has 0 unspecified atom stereocenters. The number of benzene rings is 5. The third-order valence-corrected chi connectivity index (χ3v) is 24.4. The molecule has 5 N–H and O–H groups in total. The highest BCUT2D eigenvalue weighted by Crippen LogP contribution is 2.40. The molecule has 13 aromatic rings. The number of piperidine rings is 5. The molecule has 0 bridgehead atoms. The van der Waals surface area contributed by atoms with E-state index in [0.717, 1.165) is 247 Å². The molecule has 5 aromatic carbocycles. The minimum Gasteiger partial charge on any atom is -0.328 e. The quantitative estimate of drug-likeness (QED) is 0.0906. The van der Waals surface area contributed by atoms with Crippen LogP contribution in [0.15, 0.2) is 146 Å². The Balaban J connectivity index is 0.000000115. The van der Waals surface area contributed by atoms with E-state index in [1.807, 2.05) is 120 Å². The number of likely N-dealkylation sites (tertiary alicyclic amines) is 5. The predicted molar refractivity (Wildman–Crippen MR) is 441 cm³/mol. The van der Waals surface area contributed by atoms with E-state index in [4.69, 9.17) is 15.3 Å². The molecule has 0 amide bonds. The normalized spacial score (nSPS) is 17.5. The van der Waals surface area contributed by atoms with Crippen LogP contribution in [0.4, 0.5) is 8.78 Å². The Labute approximate surface area is 638 Å². The van der Waals surface area contributed by atoms with Crippen molar-refractivity contribution in [2.75, 3.05) is 85.6 Å². The van der Waals surface area contributed by atoms with Crippen LogP contribution in [0.2, 0.25) is 0 Å². The number of fused-ring (bicyclic) bond motifs is 11. The van der Waals surface area contributed by atoms with Crippen LogP contribution in [0.25, 0.3) is 87.0 Å².